The fraction of sp³-hybridized carbons (Fsp3) is 0.571. The average molecular weight is 419 g/mol. The number of carbonyl (C=O) groups is 1. The molecule has 1 aromatic carbocycles. The summed E-state index contributed by atoms with van der Waals surface area (Å²) in [5.41, 5.74) is 1.13. The zero-order valence-corrected chi connectivity index (χ0v) is 17.2. The number of hydrogen-bond acceptors (Lipinski definition) is 5. The molecule has 30 heavy (non-hydrogen) atoms. The molecule has 1 saturated heterocycles. The Morgan fingerprint density at radius 1 is 1.23 bits per heavy atom. The van der Waals surface area contributed by atoms with Crippen molar-refractivity contribution in [2.45, 2.75) is 57.7 Å². The first-order valence-corrected chi connectivity index (χ1v) is 10.4. The summed E-state index contributed by atoms with van der Waals surface area (Å²) in [5.74, 6) is 1.23. The number of rotatable bonds is 5. The SMILES string of the molecule is Cc1ccc(O[C@H](C)C(=O)N2CCC([C@@H]3C[C@H](C(F)F)n4ncnc4N3)CC2)cc1. The second-order valence-corrected chi connectivity index (χ2v) is 8.15. The zero-order valence-electron chi connectivity index (χ0n) is 17.2. The summed E-state index contributed by atoms with van der Waals surface area (Å²) in [6.07, 6.45) is 0.0571. The van der Waals surface area contributed by atoms with E-state index < -0.39 is 18.6 Å². The molecule has 3 atom stereocenters. The van der Waals surface area contributed by atoms with Crippen LogP contribution in [-0.2, 0) is 4.79 Å². The minimum absolute atomic E-state index is 0.0455. The molecule has 0 saturated carbocycles. The maximum absolute atomic E-state index is 13.5. The molecule has 2 aliphatic heterocycles. The molecule has 1 N–H and O–H groups in total. The number of hydrogen-bond donors (Lipinski definition) is 1. The lowest BCUT2D eigenvalue weighted by molar-refractivity contribution is -0.139. The van der Waals surface area contributed by atoms with E-state index in [1.807, 2.05) is 36.1 Å². The van der Waals surface area contributed by atoms with Crippen LogP contribution >= 0.6 is 0 Å². The van der Waals surface area contributed by atoms with Gasteiger partial charge in [0.15, 0.2) is 6.10 Å². The molecule has 7 nitrogen and oxygen atoms in total. The van der Waals surface area contributed by atoms with Gasteiger partial charge in [0.2, 0.25) is 5.95 Å². The van der Waals surface area contributed by atoms with E-state index in [1.165, 1.54) is 11.0 Å². The quantitative estimate of drug-likeness (QED) is 0.805. The molecule has 0 spiro atoms. The van der Waals surface area contributed by atoms with E-state index >= 15 is 0 Å². The fourth-order valence-corrected chi connectivity index (χ4v) is 4.35. The van der Waals surface area contributed by atoms with Gasteiger partial charge in [0.05, 0.1) is 0 Å². The Balaban J connectivity index is 1.32. The molecule has 0 unspecified atom stereocenters. The van der Waals surface area contributed by atoms with Crippen LogP contribution in [0.5, 0.6) is 5.75 Å². The minimum Gasteiger partial charge on any atom is -0.481 e. The Hall–Kier alpha value is -2.71. The number of amides is 1. The van der Waals surface area contributed by atoms with Crippen molar-refractivity contribution in [3.05, 3.63) is 36.2 Å². The van der Waals surface area contributed by atoms with Gasteiger partial charge in [-0.2, -0.15) is 10.1 Å². The highest BCUT2D eigenvalue weighted by Gasteiger charge is 2.38. The van der Waals surface area contributed by atoms with Gasteiger partial charge in [-0.1, -0.05) is 17.7 Å². The highest BCUT2D eigenvalue weighted by molar-refractivity contribution is 5.81. The minimum atomic E-state index is -2.49. The molecule has 162 valence electrons. The monoisotopic (exact) mass is 419 g/mol. The van der Waals surface area contributed by atoms with Gasteiger partial charge >= 0.3 is 0 Å². The Labute approximate surface area is 174 Å². The van der Waals surface area contributed by atoms with Crippen LogP contribution in [0.4, 0.5) is 14.7 Å². The lowest BCUT2D eigenvalue weighted by atomic mass is 9.85. The summed E-state index contributed by atoms with van der Waals surface area (Å²) in [4.78, 5) is 18.7. The van der Waals surface area contributed by atoms with Gasteiger partial charge in [-0.15, -0.1) is 0 Å². The van der Waals surface area contributed by atoms with Crippen molar-refractivity contribution in [1.82, 2.24) is 19.7 Å². The molecule has 3 heterocycles. The number of halogens is 2. The van der Waals surface area contributed by atoms with E-state index in [0.29, 0.717) is 31.2 Å². The molecule has 2 aromatic rings. The van der Waals surface area contributed by atoms with E-state index in [4.69, 9.17) is 4.74 Å². The Morgan fingerprint density at radius 2 is 1.93 bits per heavy atom. The van der Waals surface area contributed by atoms with Gasteiger partial charge in [0, 0.05) is 19.1 Å². The summed E-state index contributed by atoms with van der Waals surface area (Å²) in [7, 11) is 0. The van der Waals surface area contributed by atoms with Crippen molar-refractivity contribution < 1.29 is 18.3 Å². The number of fused-ring (bicyclic) bond motifs is 1. The number of likely N-dealkylation sites (tertiary alicyclic amines) is 1. The second kappa shape index (κ2) is 8.57. The summed E-state index contributed by atoms with van der Waals surface area (Å²) in [6.45, 7) is 4.94. The number of aryl methyl sites for hydroxylation is 1. The standard InChI is InChI=1S/C21H27F2N5O2/c1-13-3-5-16(6-4-13)30-14(2)20(29)27-9-7-15(8-10-27)17-11-18(19(22)23)28-21(26-17)24-12-25-28/h3-6,12,14-15,17-19H,7-11H2,1-2H3,(H,24,25,26)/t14-,17+,18-/m1/s1. The van der Waals surface area contributed by atoms with E-state index in [2.05, 4.69) is 15.4 Å². The van der Waals surface area contributed by atoms with E-state index in [9.17, 15) is 13.6 Å². The van der Waals surface area contributed by atoms with Crippen LogP contribution in [-0.4, -0.2) is 57.2 Å². The van der Waals surface area contributed by atoms with Crippen molar-refractivity contribution in [1.29, 1.82) is 0 Å². The third-order valence-corrected chi connectivity index (χ3v) is 6.09. The van der Waals surface area contributed by atoms with Crippen molar-refractivity contribution in [3.63, 3.8) is 0 Å². The summed E-state index contributed by atoms with van der Waals surface area (Å²) < 4.78 is 34.1. The number of benzene rings is 1. The first-order chi connectivity index (χ1) is 14.4. The van der Waals surface area contributed by atoms with Crippen LogP contribution in [0, 0.1) is 12.8 Å². The zero-order chi connectivity index (χ0) is 21.3. The van der Waals surface area contributed by atoms with Gasteiger partial charge < -0.3 is 15.0 Å². The van der Waals surface area contributed by atoms with Crippen molar-refractivity contribution >= 4 is 11.9 Å². The van der Waals surface area contributed by atoms with Crippen LogP contribution in [0.15, 0.2) is 30.6 Å². The molecular weight excluding hydrogens is 392 g/mol. The summed E-state index contributed by atoms with van der Waals surface area (Å²) >= 11 is 0. The molecule has 2 aliphatic rings. The molecule has 1 amide bonds. The van der Waals surface area contributed by atoms with E-state index in [0.717, 1.165) is 18.4 Å². The first-order valence-electron chi connectivity index (χ1n) is 10.4. The van der Waals surface area contributed by atoms with Gasteiger partial charge in [-0.3, -0.25) is 4.79 Å². The van der Waals surface area contributed by atoms with Gasteiger partial charge in [0.1, 0.15) is 18.1 Å². The second-order valence-electron chi connectivity index (χ2n) is 8.15. The highest BCUT2D eigenvalue weighted by Crippen LogP contribution is 2.35. The topological polar surface area (TPSA) is 72.3 Å². The molecule has 0 aliphatic carbocycles. The van der Waals surface area contributed by atoms with Crippen LogP contribution in [0.3, 0.4) is 0 Å². The smallest absolute Gasteiger partial charge is 0.263 e. The normalized spacial score (nSPS) is 23.0. The summed E-state index contributed by atoms with van der Waals surface area (Å²) in [6, 6.07) is 6.55. The lowest BCUT2D eigenvalue weighted by Crippen LogP contribution is -2.48. The van der Waals surface area contributed by atoms with Gasteiger partial charge in [0.25, 0.3) is 12.3 Å². The molecule has 0 bridgehead atoms. The van der Waals surface area contributed by atoms with Crippen molar-refractivity contribution in [2.75, 3.05) is 18.4 Å². The van der Waals surface area contributed by atoms with Crippen LogP contribution < -0.4 is 10.1 Å². The Kier molecular flexibility index (Phi) is 5.87. The van der Waals surface area contributed by atoms with Crippen molar-refractivity contribution in [2.24, 2.45) is 5.92 Å². The number of nitrogens with one attached hydrogen (secondary N) is 1. The first kappa shape index (κ1) is 20.6. The highest BCUT2D eigenvalue weighted by atomic mass is 19.3. The Bertz CT molecular complexity index is 865. The predicted octanol–water partition coefficient (Wildman–Crippen LogP) is 3.28. The van der Waals surface area contributed by atoms with Gasteiger partial charge in [-0.25, -0.2) is 13.5 Å². The predicted molar refractivity (Wildman–Crippen MR) is 108 cm³/mol. The van der Waals surface area contributed by atoms with Crippen LogP contribution in [0.25, 0.3) is 0 Å². The van der Waals surface area contributed by atoms with E-state index in [1.54, 1.807) is 6.92 Å². The van der Waals surface area contributed by atoms with Crippen LogP contribution in [0.1, 0.15) is 37.8 Å². The number of carbonyl (C=O) groups excluding carboxylic acids is 1. The molecule has 0 radical (unpaired) electrons. The summed E-state index contributed by atoms with van der Waals surface area (Å²) in [5, 5.41) is 7.19. The third kappa shape index (κ3) is 4.24. The largest absolute Gasteiger partial charge is 0.481 e. The number of anilines is 1. The fourth-order valence-electron chi connectivity index (χ4n) is 4.35. The third-order valence-electron chi connectivity index (χ3n) is 6.09. The maximum Gasteiger partial charge on any atom is 0.263 e. The maximum atomic E-state index is 13.5. The number of ether oxygens (including phenoxy) is 1. The van der Waals surface area contributed by atoms with E-state index in [-0.39, 0.29) is 17.9 Å². The lowest BCUT2D eigenvalue weighted by Gasteiger charge is -2.40. The molecule has 9 heteroatoms. The molecule has 1 fully saturated rings. The number of piperidine rings is 1. The molecular formula is C21H27F2N5O2. The average Bonchev–Trinajstić information content (AvgIpc) is 3.22. The molecule has 4 rings (SSSR count). The van der Waals surface area contributed by atoms with Gasteiger partial charge in [-0.05, 0) is 51.2 Å². The number of nitrogens with zero attached hydrogens (tertiary/aromatic N) is 4. The van der Waals surface area contributed by atoms with Crippen LogP contribution in [0.2, 0.25) is 0 Å². The number of alkyl halides is 2. The Morgan fingerprint density at radius 3 is 2.60 bits per heavy atom. The molecule has 1 aromatic heterocycles. The number of aromatic nitrogens is 3. The van der Waals surface area contributed by atoms with Crippen molar-refractivity contribution in [3.8, 4) is 5.75 Å².